The van der Waals surface area contributed by atoms with Gasteiger partial charge in [-0.3, -0.25) is 13.9 Å². The van der Waals surface area contributed by atoms with Crippen LogP contribution in [0.15, 0.2) is 15.9 Å². The third-order valence-electron chi connectivity index (χ3n) is 3.14. The largest absolute Gasteiger partial charge is 0.393 e. The predicted octanol–water partition coefficient (Wildman–Crippen LogP) is -0.0152. The molecule has 0 amide bonds. The summed E-state index contributed by atoms with van der Waals surface area (Å²) in [4.78, 5) is 28.7. The summed E-state index contributed by atoms with van der Waals surface area (Å²) in [6.07, 6.45) is -2.94. The lowest BCUT2D eigenvalue weighted by Crippen LogP contribution is -2.39. The van der Waals surface area contributed by atoms with Crippen LogP contribution in [0.3, 0.4) is 0 Å². The van der Waals surface area contributed by atoms with Gasteiger partial charge in [-0.25, -0.2) is 9.78 Å². The van der Waals surface area contributed by atoms with Gasteiger partial charge in [0.2, 0.25) is 0 Å². The molecule has 0 aliphatic heterocycles. The summed E-state index contributed by atoms with van der Waals surface area (Å²) in [5.74, 6) is 0. The van der Waals surface area contributed by atoms with Crippen molar-refractivity contribution in [2.75, 3.05) is 0 Å². The van der Waals surface area contributed by atoms with Crippen molar-refractivity contribution in [3.63, 3.8) is 0 Å². The highest BCUT2D eigenvalue weighted by atomic mass is 16.3. The lowest BCUT2D eigenvalue weighted by Gasteiger charge is -2.09. The van der Waals surface area contributed by atoms with E-state index < -0.39 is 23.7 Å². The summed E-state index contributed by atoms with van der Waals surface area (Å²) in [5.41, 5.74) is -0.425. The van der Waals surface area contributed by atoms with Crippen LogP contribution in [0.5, 0.6) is 0 Å². The zero-order valence-corrected chi connectivity index (χ0v) is 11.8. The number of nitrogens with zero attached hydrogens (tertiary/aromatic N) is 4. The number of hydrogen-bond donors (Lipinski definition) is 1. The van der Waals surface area contributed by atoms with Gasteiger partial charge in [-0.2, -0.15) is 0 Å². The highest BCUT2D eigenvalue weighted by Gasteiger charge is 2.14. The molecule has 0 bridgehead atoms. The molecule has 0 saturated carbocycles. The standard InChI is InChI=1S/C13H20N4O3/c1-9(18)6-4-5-7-17-12(19)10-11(14-8-15(10)2)16(3)13(17)20/h8-9,18H,4-7H2,1-3H3/i6D2,9D. The second kappa shape index (κ2) is 5.62. The molecule has 0 aromatic carbocycles. The zero-order valence-electron chi connectivity index (χ0n) is 14.8. The van der Waals surface area contributed by atoms with Gasteiger partial charge in [0.05, 0.1) is 13.8 Å². The highest BCUT2D eigenvalue weighted by Crippen LogP contribution is 2.04. The van der Waals surface area contributed by atoms with E-state index in [1.807, 2.05) is 0 Å². The minimum Gasteiger partial charge on any atom is -0.393 e. The van der Waals surface area contributed by atoms with Crippen LogP contribution in [0, 0.1) is 0 Å². The average Bonchev–Trinajstić information content (AvgIpc) is 2.81. The molecular weight excluding hydrogens is 260 g/mol. The maximum Gasteiger partial charge on any atom is 0.332 e. The number of hydrogen-bond acceptors (Lipinski definition) is 4. The molecule has 2 aromatic rings. The molecule has 2 aromatic heterocycles. The molecule has 110 valence electrons. The first-order chi connectivity index (χ1) is 10.5. The van der Waals surface area contributed by atoms with Crippen LogP contribution in [0.2, 0.25) is 0 Å². The van der Waals surface area contributed by atoms with Gasteiger partial charge in [-0.15, -0.1) is 0 Å². The van der Waals surface area contributed by atoms with Crippen molar-refractivity contribution in [2.24, 2.45) is 14.1 Å². The Kier molecular flexibility index (Phi) is 3.05. The van der Waals surface area contributed by atoms with Crippen LogP contribution in [0.1, 0.15) is 30.3 Å². The lowest BCUT2D eigenvalue weighted by atomic mass is 10.2. The molecular formula is C13H20N4O3. The molecule has 1 unspecified atom stereocenters. The van der Waals surface area contributed by atoms with Crippen molar-refractivity contribution >= 4 is 11.2 Å². The maximum absolute atomic E-state index is 12.4. The molecule has 2 rings (SSSR count). The Morgan fingerprint density at radius 1 is 1.45 bits per heavy atom. The molecule has 0 saturated heterocycles. The Labute approximate surface area is 120 Å². The Morgan fingerprint density at radius 2 is 2.15 bits per heavy atom. The van der Waals surface area contributed by atoms with Gasteiger partial charge >= 0.3 is 5.69 Å². The molecule has 0 fully saturated rings. The second-order valence-electron chi connectivity index (χ2n) is 4.69. The van der Waals surface area contributed by atoms with E-state index in [2.05, 4.69) is 4.98 Å². The van der Waals surface area contributed by atoms with Gasteiger partial charge in [0.1, 0.15) is 0 Å². The third-order valence-corrected chi connectivity index (χ3v) is 3.14. The van der Waals surface area contributed by atoms with E-state index in [4.69, 9.17) is 4.11 Å². The summed E-state index contributed by atoms with van der Waals surface area (Å²) in [7, 11) is 3.17. The third kappa shape index (κ3) is 2.53. The summed E-state index contributed by atoms with van der Waals surface area (Å²) < 4.78 is 26.6. The van der Waals surface area contributed by atoms with E-state index in [-0.39, 0.29) is 19.4 Å². The number of fused-ring (bicyclic) bond motifs is 1. The monoisotopic (exact) mass is 283 g/mol. The van der Waals surface area contributed by atoms with Gasteiger partial charge in [0.15, 0.2) is 11.2 Å². The Bertz CT molecular complexity index is 845. The van der Waals surface area contributed by atoms with E-state index in [0.29, 0.717) is 11.2 Å². The molecule has 0 aliphatic rings. The van der Waals surface area contributed by atoms with Crippen molar-refractivity contribution in [1.82, 2.24) is 18.7 Å². The molecule has 0 aliphatic carbocycles. The van der Waals surface area contributed by atoms with Crippen molar-refractivity contribution in [1.29, 1.82) is 0 Å². The number of rotatable bonds is 5. The Morgan fingerprint density at radius 3 is 2.80 bits per heavy atom. The van der Waals surface area contributed by atoms with E-state index in [0.717, 1.165) is 11.5 Å². The Balaban J connectivity index is 2.33. The number of aromatic nitrogens is 4. The summed E-state index contributed by atoms with van der Waals surface area (Å²) in [6.45, 7) is 1.07. The van der Waals surface area contributed by atoms with Crippen molar-refractivity contribution < 1.29 is 9.22 Å². The van der Waals surface area contributed by atoms with E-state index in [1.165, 1.54) is 22.5 Å². The molecule has 1 N–H and O–H groups in total. The van der Waals surface area contributed by atoms with Crippen LogP contribution >= 0.6 is 0 Å². The summed E-state index contributed by atoms with van der Waals surface area (Å²) in [6, 6.07) is 0. The zero-order chi connectivity index (χ0) is 17.6. The smallest absolute Gasteiger partial charge is 0.332 e. The number of aliphatic hydroxyl groups is 1. The maximum atomic E-state index is 12.4. The fraction of sp³-hybridized carbons (Fsp3) is 0.615. The number of aryl methyl sites for hydroxylation is 2. The molecule has 7 nitrogen and oxygen atoms in total. The highest BCUT2D eigenvalue weighted by molar-refractivity contribution is 5.69. The first-order valence-electron chi connectivity index (χ1n) is 7.80. The van der Waals surface area contributed by atoms with Gasteiger partial charge < -0.3 is 9.67 Å². The topological polar surface area (TPSA) is 82.1 Å². The van der Waals surface area contributed by atoms with Crippen LogP contribution in [-0.2, 0) is 20.6 Å². The Hall–Kier alpha value is -1.89. The molecule has 0 spiro atoms. The lowest BCUT2D eigenvalue weighted by molar-refractivity contribution is 0.180. The normalized spacial score (nSPS) is 17.5. The van der Waals surface area contributed by atoms with Gasteiger partial charge in [0.25, 0.3) is 5.56 Å². The van der Waals surface area contributed by atoms with Gasteiger partial charge in [0, 0.05) is 23.4 Å². The SMILES string of the molecule is [2H]C(C)(O)C([2H])([2H])CCCn1c(=O)c2c(ncn2C)n(C)c1=O. The van der Waals surface area contributed by atoms with E-state index >= 15 is 0 Å². The van der Waals surface area contributed by atoms with Crippen LogP contribution in [0.25, 0.3) is 11.2 Å². The first kappa shape index (κ1) is 10.8. The van der Waals surface area contributed by atoms with Crippen molar-refractivity contribution in [2.45, 2.75) is 38.8 Å². The minimum atomic E-state index is -2.24. The molecule has 1 atom stereocenters. The predicted molar refractivity (Wildman–Crippen MR) is 75.7 cm³/mol. The molecule has 7 heteroatoms. The van der Waals surface area contributed by atoms with E-state index in [1.54, 1.807) is 7.05 Å². The fourth-order valence-electron chi connectivity index (χ4n) is 2.10. The van der Waals surface area contributed by atoms with Crippen LogP contribution in [-0.4, -0.2) is 29.9 Å². The van der Waals surface area contributed by atoms with Gasteiger partial charge in [-0.1, -0.05) is 0 Å². The van der Waals surface area contributed by atoms with Crippen LogP contribution < -0.4 is 11.2 Å². The van der Waals surface area contributed by atoms with Crippen molar-refractivity contribution in [3.05, 3.63) is 27.2 Å². The fourth-order valence-corrected chi connectivity index (χ4v) is 2.10. The van der Waals surface area contributed by atoms with Crippen LogP contribution in [0.4, 0.5) is 0 Å². The first-order valence-corrected chi connectivity index (χ1v) is 6.30. The second-order valence-corrected chi connectivity index (χ2v) is 4.69. The van der Waals surface area contributed by atoms with Gasteiger partial charge in [-0.05, 0) is 26.1 Å². The average molecular weight is 283 g/mol. The van der Waals surface area contributed by atoms with E-state index in [9.17, 15) is 14.7 Å². The molecule has 0 radical (unpaired) electrons. The summed E-state index contributed by atoms with van der Waals surface area (Å²) >= 11 is 0. The quantitative estimate of drug-likeness (QED) is 0.836. The molecule has 20 heavy (non-hydrogen) atoms. The molecule has 2 heterocycles. The van der Waals surface area contributed by atoms with Crippen molar-refractivity contribution in [3.8, 4) is 0 Å². The minimum absolute atomic E-state index is 0.00220. The summed E-state index contributed by atoms with van der Waals surface area (Å²) in [5, 5.41) is 9.49. The number of imidazole rings is 1.